The summed E-state index contributed by atoms with van der Waals surface area (Å²) in [5, 5.41) is 14.0. The van der Waals surface area contributed by atoms with Crippen LogP contribution in [0.5, 0.6) is 11.5 Å². The lowest BCUT2D eigenvalue weighted by Gasteiger charge is -2.11. The molecule has 0 spiro atoms. The SMILES string of the molecule is CC12NC1(C(=O)NCC(=O)O)C(=O)c1ccc(Oc3ccccc3)cc12. The van der Waals surface area contributed by atoms with Gasteiger partial charge in [0.05, 0.1) is 5.54 Å². The summed E-state index contributed by atoms with van der Waals surface area (Å²) in [7, 11) is 0. The van der Waals surface area contributed by atoms with Crippen molar-refractivity contribution in [1.82, 2.24) is 10.6 Å². The van der Waals surface area contributed by atoms with E-state index in [1.165, 1.54) is 0 Å². The Morgan fingerprint density at radius 1 is 1.15 bits per heavy atom. The molecule has 26 heavy (non-hydrogen) atoms. The predicted molar refractivity (Wildman–Crippen MR) is 91.2 cm³/mol. The Labute approximate surface area is 149 Å². The molecule has 7 nitrogen and oxygen atoms in total. The van der Waals surface area contributed by atoms with Crippen molar-refractivity contribution in [3.8, 4) is 11.5 Å². The van der Waals surface area contributed by atoms with Crippen LogP contribution in [-0.4, -0.2) is 34.8 Å². The summed E-state index contributed by atoms with van der Waals surface area (Å²) in [6.45, 7) is 1.22. The highest BCUT2D eigenvalue weighted by molar-refractivity contribution is 6.27. The van der Waals surface area contributed by atoms with Crippen molar-refractivity contribution in [1.29, 1.82) is 0 Å². The molecule has 132 valence electrons. The number of nitrogens with one attached hydrogen (secondary N) is 2. The zero-order valence-electron chi connectivity index (χ0n) is 13.9. The van der Waals surface area contributed by atoms with E-state index in [1.807, 2.05) is 30.3 Å². The molecule has 1 heterocycles. The van der Waals surface area contributed by atoms with E-state index in [9.17, 15) is 14.4 Å². The summed E-state index contributed by atoms with van der Waals surface area (Å²) in [6.07, 6.45) is 0. The van der Waals surface area contributed by atoms with Crippen molar-refractivity contribution in [2.45, 2.75) is 18.0 Å². The number of benzene rings is 2. The maximum absolute atomic E-state index is 12.8. The van der Waals surface area contributed by atoms with Crippen LogP contribution in [-0.2, 0) is 15.1 Å². The molecule has 0 saturated carbocycles. The molecule has 3 N–H and O–H groups in total. The molecule has 2 aromatic carbocycles. The van der Waals surface area contributed by atoms with E-state index in [4.69, 9.17) is 9.84 Å². The van der Waals surface area contributed by atoms with Gasteiger partial charge in [-0.1, -0.05) is 18.2 Å². The molecule has 4 rings (SSSR count). The summed E-state index contributed by atoms with van der Waals surface area (Å²) in [6, 6.07) is 14.3. The van der Waals surface area contributed by atoms with Gasteiger partial charge in [0.1, 0.15) is 18.0 Å². The van der Waals surface area contributed by atoms with Crippen molar-refractivity contribution >= 4 is 17.7 Å². The van der Waals surface area contributed by atoms with Gasteiger partial charge in [-0.2, -0.15) is 0 Å². The second kappa shape index (κ2) is 5.40. The smallest absolute Gasteiger partial charge is 0.322 e. The fourth-order valence-electron chi connectivity index (χ4n) is 3.60. The first-order valence-electron chi connectivity index (χ1n) is 8.10. The van der Waals surface area contributed by atoms with E-state index >= 15 is 0 Å². The van der Waals surface area contributed by atoms with Gasteiger partial charge in [-0.05, 0) is 42.8 Å². The van der Waals surface area contributed by atoms with Crippen LogP contribution in [0.2, 0.25) is 0 Å². The van der Waals surface area contributed by atoms with Crippen LogP contribution in [0.3, 0.4) is 0 Å². The average Bonchev–Trinajstić information content (AvgIpc) is 3.23. The number of hydrogen-bond donors (Lipinski definition) is 3. The zero-order chi connectivity index (χ0) is 18.5. The zero-order valence-corrected chi connectivity index (χ0v) is 13.9. The molecule has 0 radical (unpaired) electrons. The Kier molecular flexibility index (Phi) is 3.38. The Morgan fingerprint density at radius 3 is 2.58 bits per heavy atom. The molecule has 0 bridgehead atoms. The van der Waals surface area contributed by atoms with Crippen LogP contribution in [0, 0.1) is 0 Å². The van der Waals surface area contributed by atoms with Crippen LogP contribution in [0.25, 0.3) is 0 Å². The van der Waals surface area contributed by atoms with E-state index in [-0.39, 0.29) is 5.78 Å². The molecule has 1 aliphatic heterocycles. The number of para-hydroxylation sites is 1. The number of carboxylic acids is 1. The second-order valence-corrected chi connectivity index (χ2v) is 6.53. The molecule has 1 aliphatic carbocycles. The monoisotopic (exact) mass is 352 g/mol. The highest BCUT2D eigenvalue weighted by Gasteiger charge is 2.79. The third-order valence-corrected chi connectivity index (χ3v) is 4.96. The molecule has 2 aliphatic rings. The molecule has 2 atom stereocenters. The lowest BCUT2D eigenvalue weighted by Crippen LogP contribution is -2.47. The summed E-state index contributed by atoms with van der Waals surface area (Å²) in [5.74, 6) is -0.938. The maximum Gasteiger partial charge on any atom is 0.322 e. The molecule has 2 unspecified atom stereocenters. The van der Waals surface area contributed by atoms with Crippen LogP contribution in [0.1, 0.15) is 22.8 Å². The first-order chi connectivity index (χ1) is 12.4. The van der Waals surface area contributed by atoms with E-state index in [1.54, 1.807) is 25.1 Å². The van der Waals surface area contributed by atoms with Crippen molar-refractivity contribution < 1.29 is 24.2 Å². The normalized spacial score (nSPS) is 25.2. The average molecular weight is 352 g/mol. The number of carbonyl (C=O) groups is 3. The molecule has 7 heteroatoms. The number of ether oxygens (including phenoxy) is 1. The fourth-order valence-corrected chi connectivity index (χ4v) is 3.60. The third kappa shape index (κ3) is 2.14. The van der Waals surface area contributed by atoms with E-state index < -0.39 is 29.5 Å². The van der Waals surface area contributed by atoms with Gasteiger partial charge in [0.25, 0.3) is 5.91 Å². The first-order valence-corrected chi connectivity index (χ1v) is 8.10. The molecule has 0 aromatic heterocycles. The van der Waals surface area contributed by atoms with Gasteiger partial charge in [0, 0.05) is 5.56 Å². The first kappa shape index (κ1) is 16.3. The minimum atomic E-state index is -1.45. The molecular formula is C19H16N2O5. The van der Waals surface area contributed by atoms with Crippen molar-refractivity contribution in [3.05, 3.63) is 59.7 Å². The van der Waals surface area contributed by atoms with Gasteiger partial charge in [-0.15, -0.1) is 0 Å². The number of ketones is 1. The minimum Gasteiger partial charge on any atom is -0.480 e. The quantitative estimate of drug-likeness (QED) is 0.554. The Balaban J connectivity index is 1.64. The minimum absolute atomic E-state index is 0.357. The predicted octanol–water partition coefficient (Wildman–Crippen LogP) is 1.43. The summed E-state index contributed by atoms with van der Waals surface area (Å²) in [4.78, 5) is 36.0. The van der Waals surface area contributed by atoms with Crippen molar-refractivity contribution in [2.24, 2.45) is 0 Å². The van der Waals surface area contributed by atoms with Gasteiger partial charge in [-0.25, -0.2) is 0 Å². The summed E-state index contributed by atoms with van der Waals surface area (Å²) >= 11 is 0. The Bertz CT molecular complexity index is 942. The molecule has 2 aromatic rings. The number of carbonyl (C=O) groups excluding carboxylic acids is 2. The number of hydrogen-bond acceptors (Lipinski definition) is 5. The van der Waals surface area contributed by atoms with Gasteiger partial charge in [-0.3, -0.25) is 19.7 Å². The van der Waals surface area contributed by atoms with E-state index in [0.717, 1.165) is 0 Å². The van der Waals surface area contributed by atoms with E-state index in [2.05, 4.69) is 10.6 Å². The van der Waals surface area contributed by atoms with Crippen LogP contribution >= 0.6 is 0 Å². The summed E-state index contributed by atoms with van der Waals surface area (Å²) < 4.78 is 5.81. The Morgan fingerprint density at radius 2 is 1.88 bits per heavy atom. The lowest BCUT2D eigenvalue weighted by atomic mass is 9.93. The number of rotatable bonds is 5. The lowest BCUT2D eigenvalue weighted by molar-refractivity contribution is -0.138. The molecular weight excluding hydrogens is 336 g/mol. The van der Waals surface area contributed by atoms with Crippen molar-refractivity contribution in [2.75, 3.05) is 6.54 Å². The molecule has 1 saturated heterocycles. The third-order valence-electron chi connectivity index (χ3n) is 4.96. The summed E-state index contributed by atoms with van der Waals surface area (Å²) in [5.41, 5.74) is -1.22. The largest absolute Gasteiger partial charge is 0.480 e. The number of aliphatic carboxylic acids is 1. The van der Waals surface area contributed by atoms with Crippen molar-refractivity contribution in [3.63, 3.8) is 0 Å². The maximum atomic E-state index is 12.8. The number of amides is 1. The van der Waals surface area contributed by atoms with Gasteiger partial charge in [0.2, 0.25) is 0 Å². The fraction of sp³-hybridized carbons (Fsp3) is 0.211. The highest BCUT2D eigenvalue weighted by atomic mass is 16.5. The second-order valence-electron chi connectivity index (χ2n) is 6.53. The molecule has 1 fully saturated rings. The number of Topliss-reactive ketones (excluding diaryl/α,β-unsaturated/α-hetero) is 1. The van der Waals surface area contributed by atoms with Crippen LogP contribution in [0.4, 0.5) is 0 Å². The van der Waals surface area contributed by atoms with Gasteiger partial charge in [0.15, 0.2) is 11.3 Å². The molecule has 1 amide bonds. The Hall–Kier alpha value is -3.19. The van der Waals surface area contributed by atoms with E-state index in [0.29, 0.717) is 22.6 Å². The van der Waals surface area contributed by atoms with Gasteiger partial charge >= 0.3 is 5.97 Å². The topological polar surface area (TPSA) is 115 Å². The van der Waals surface area contributed by atoms with Crippen LogP contribution in [0.15, 0.2) is 48.5 Å². The van der Waals surface area contributed by atoms with Crippen LogP contribution < -0.4 is 15.4 Å². The standard InChI is InChI=1S/C19H16N2O5/c1-18-14-9-12(26-11-5-3-2-4-6-11)7-8-13(14)16(24)19(18,21-18)17(25)20-10-15(22)23/h2-9,21H,10H2,1H3,(H,20,25)(H,22,23). The van der Waals surface area contributed by atoms with Gasteiger partial charge < -0.3 is 15.2 Å². The number of carboxylic acid groups (broad SMARTS) is 1. The number of fused-ring (bicyclic) bond motifs is 3. The highest BCUT2D eigenvalue weighted by Crippen LogP contribution is 2.56.